The molecule has 0 amide bonds. The van der Waals surface area contributed by atoms with Crippen LogP contribution in [0.2, 0.25) is 0 Å². The van der Waals surface area contributed by atoms with Gasteiger partial charge in [-0.15, -0.1) is 11.3 Å². The molecule has 0 saturated carbocycles. The number of hydrogen-bond acceptors (Lipinski definition) is 6. The molecule has 10 aromatic rings. The first-order chi connectivity index (χ1) is 25.2. The van der Waals surface area contributed by atoms with Crippen molar-refractivity contribution < 1.29 is 8.83 Å². The molecule has 11 rings (SSSR count). The van der Waals surface area contributed by atoms with Crippen molar-refractivity contribution in [1.82, 2.24) is 5.32 Å². The Kier molecular flexibility index (Phi) is 6.12. The Morgan fingerprint density at radius 3 is 2.12 bits per heavy atom. The lowest BCUT2D eigenvalue weighted by molar-refractivity contribution is 0.667. The van der Waals surface area contributed by atoms with E-state index in [0.29, 0.717) is 5.84 Å². The summed E-state index contributed by atoms with van der Waals surface area (Å²) in [5.74, 6) is 1.41. The molecule has 1 aliphatic rings. The molecule has 0 aliphatic carbocycles. The highest BCUT2D eigenvalue weighted by atomic mass is 32.1. The summed E-state index contributed by atoms with van der Waals surface area (Å²) in [6.45, 7) is 0. The van der Waals surface area contributed by atoms with Gasteiger partial charge < -0.3 is 14.2 Å². The van der Waals surface area contributed by atoms with Gasteiger partial charge in [0.25, 0.3) is 0 Å². The second-order valence-corrected chi connectivity index (χ2v) is 14.0. The minimum Gasteiger partial charge on any atom is -0.456 e. The van der Waals surface area contributed by atoms with Crippen molar-refractivity contribution in [3.05, 3.63) is 168 Å². The number of nitrogens with one attached hydrogen (secondary N) is 1. The molecular weight excluding hydrogens is 647 g/mol. The molecule has 6 heteroatoms. The molecule has 0 bridgehead atoms. The third-order valence-corrected chi connectivity index (χ3v) is 11.1. The van der Waals surface area contributed by atoms with E-state index in [2.05, 4.69) is 115 Å². The second kappa shape index (κ2) is 11.0. The first kappa shape index (κ1) is 28.3. The van der Waals surface area contributed by atoms with Crippen molar-refractivity contribution in [3.63, 3.8) is 0 Å². The van der Waals surface area contributed by atoms with Crippen LogP contribution in [0.3, 0.4) is 0 Å². The molecular formula is C45H27N3O2S. The van der Waals surface area contributed by atoms with Gasteiger partial charge in [-0.05, 0) is 47.5 Å². The average molecular weight is 674 g/mol. The zero-order valence-electron chi connectivity index (χ0n) is 27.1. The van der Waals surface area contributed by atoms with Crippen molar-refractivity contribution in [2.45, 2.75) is 6.17 Å². The smallest absolute Gasteiger partial charge is 0.160 e. The summed E-state index contributed by atoms with van der Waals surface area (Å²) >= 11 is 1.81. The number of furan rings is 2. The van der Waals surface area contributed by atoms with Crippen molar-refractivity contribution in [2.75, 3.05) is 0 Å². The molecule has 0 radical (unpaired) electrons. The van der Waals surface area contributed by atoms with Crippen molar-refractivity contribution in [3.8, 4) is 11.1 Å². The van der Waals surface area contributed by atoms with Crippen LogP contribution in [0.25, 0.3) is 75.2 Å². The second-order valence-electron chi connectivity index (χ2n) is 13.0. The first-order valence-corrected chi connectivity index (χ1v) is 17.8. The summed E-state index contributed by atoms with van der Waals surface area (Å²) < 4.78 is 15.6. The van der Waals surface area contributed by atoms with Crippen molar-refractivity contribution in [1.29, 1.82) is 0 Å². The number of fused-ring (bicyclic) bond motifs is 9. The van der Waals surface area contributed by atoms with E-state index >= 15 is 0 Å². The van der Waals surface area contributed by atoms with E-state index in [4.69, 9.17) is 18.8 Å². The van der Waals surface area contributed by atoms with Crippen molar-refractivity contribution >= 4 is 87.1 Å². The fraction of sp³-hybridized carbons (Fsp3) is 0.0222. The summed E-state index contributed by atoms with van der Waals surface area (Å²) in [7, 11) is 0. The minimum atomic E-state index is -0.363. The highest BCUT2D eigenvalue weighted by molar-refractivity contribution is 7.25. The Morgan fingerprint density at radius 2 is 1.24 bits per heavy atom. The van der Waals surface area contributed by atoms with Gasteiger partial charge in [-0.1, -0.05) is 115 Å². The van der Waals surface area contributed by atoms with Crippen LogP contribution < -0.4 is 5.32 Å². The predicted octanol–water partition coefficient (Wildman–Crippen LogP) is 12.0. The molecule has 0 saturated heterocycles. The highest BCUT2D eigenvalue weighted by Crippen LogP contribution is 2.41. The molecule has 51 heavy (non-hydrogen) atoms. The van der Waals surface area contributed by atoms with Gasteiger partial charge in [0.05, 0.1) is 0 Å². The van der Waals surface area contributed by atoms with Gasteiger partial charge >= 0.3 is 0 Å². The number of para-hydroxylation sites is 3. The lowest BCUT2D eigenvalue weighted by atomic mass is 9.96. The lowest BCUT2D eigenvalue weighted by Crippen LogP contribution is -2.33. The normalized spacial score (nSPS) is 14.9. The summed E-state index contributed by atoms with van der Waals surface area (Å²) in [5, 5.41) is 10.4. The Labute approximate surface area is 295 Å². The van der Waals surface area contributed by atoms with Gasteiger partial charge in [-0.3, -0.25) is 0 Å². The molecule has 4 heterocycles. The summed E-state index contributed by atoms with van der Waals surface area (Å²) in [5.41, 5.74) is 8.24. The Hall–Kier alpha value is -6.50. The van der Waals surface area contributed by atoms with Crippen LogP contribution in [-0.2, 0) is 0 Å². The predicted molar refractivity (Wildman–Crippen MR) is 211 cm³/mol. The van der Waals surface area contributed by atoms with E-state index in [1.807, 2.05) is 53.8 Å². The molecule has 1 unspecified atom stereocenters. The van der Waals surface area contributed by atoms with E-state index in [9.17, 15) is 0 Å². The maximum Gasteiger partial charge on any atom is 0.160 e. The quantitative estimate of drug-likeness (QED) is 0.202. The Bertz CT molecular complexity index is 3070. The third kappa shape index (κ3) is 4.47. The number of benzene rings is 7. The topological polar surface area (TPSA) is 63.0 Å². The molecule has 3 aromatic heterocycles. The number of hydrogen-bond donors (Lipinski definition) is 1. The molecule has 1 atom stereocenters. The van der Waals surface area contributed by atoms with E-state index in [1.165, 1.54) is 20.2 Å². The standard InChI is InChI=1S/C45H27N3O2S/c1-2-11-26(12-3-1)43-46-44(27-21-22-32-31-14-6-9-20-39(31)51-40(32)25-27)48-45(47-43)35-23-28(24-38-41(35)34-15-5-8-19-37(34)49-38)29-16-10-17-33-30-13-4-7-18-36(30)50-42(29)33/h1-25,44H,(H,46,47,48). The van der Waals surface area contributed by atoms with Crippen LogP contribution in [0.4, 0.5) is 0 Å². The van der Waals surface area contributed by atoms with E-state index in [0.717, 1.165) is 77.5 Å². The molecule has 1 N–H and O–H groups in total. The zero-order chi connectivity index (χ0) is 33.5. The largest absolute Gasteiger partial charge is 0.456 e. The number of amidine groups is 2. The highest BCUT2D eigenvalue weighted by Gasteiger charge is 2.25. The van der Waals surface area contributed by atoms with Gasteiger partial charge in [0.1, 0.15) is 34.3 Å². The van der Waals surface area contributed by atoms with Gasteiger partial charge in [0.15, 0.2) is 5.84 Å². The van der Waals surface area contributed by atoms with Crippen LogP contribution in [0, 0.1) is 0 Å². The van der Waals surface area contributed by atoms with Gasteiger partial charge in [-0.25, -0.2) is 9.98 Å². The third-order valence-electron chi connectivity index (χ3n) is 9.94. The molecule has 0 fully saturated rings. The maximum absolute atomic E-state index is 6.57. The van der Waals surface area contributed by atoms with Crippen LogP contribution in [0.1, 0.15) is 22.9 Å². The number of aliphatic imine (C=N–C) groups is 2. The fourth-order valence-corrected chi connectivity index (χ4v) is 8.71. The average Bonchev–Trinajstić information content (AvgIpc) is 3.88. The van der Waals surface area contributed by atoms with Crippen LogP contribution in [-0.4, -0.2) is 11.7 Å². The van der Waals surface area contributed by atoms with Gasteiger partial charge in [0, 0.05) is 58.4 Å². The number of thiophene rings is 1. The van der Waals surface area contributed by atoms with Crippen LogP contribution in [0.15, 0.2) is 170 Å². The Morgan fingerprint density at radius 1 is 0.510 bits per heavy atom. The maximum atomic E-state index is 6.57. The minimum absolute atomic E-state index is 0.363. The summed E-state index contributed by atoms with van der Waals surface area (Å²) in [6.07, 6.45) is -0.363. The zero-order valence-corrected chi connectivity index (χ0v) is 27.9. The lowest BCUT2D eigenvalue weighted by Gasteiger charge is -2.24. The van der Waals surface area contributed by atoms with E-state index in [-0.39, 0.29) is 6.17 Å². The summed E-state index contributed by atoms with van der Waals surface area (Å²) in [4.78, 5) is 10.6. The van der Waals surface area contributed by atoms with Crippen molar-refractivity contribution in [2.24, 2.45) is 9.98 Å². The van der Waals surface area contributed by atoms with Crippen LogP contribution in [0.5, 0.6) is 0 Å². The molecule has 0 spiro atoms. The molecule has 5 nitrogen and oxygen atoms in total. The number of rotatable bonds is 4. The van der Waals surface area contributed by atoms with E-state index < -0.39 is 0 Å². The Balaban J connectivity index is 1.16. The van der Waals surface area contributed by atoms with Crippen LogP contribution >= 0.6 is 11.3 Å². The molecule has 240 valence electrons. The number of nitrogens with zero attached hydrogens (tertiary/aromatic N) is 2. The fourth-order valence-electron chi connectivity index (χ4n) is 7.56. The SMILES string of the molecule is c1ccc(C2=NC(c3cc(-c4cccc5c4oc4ccccc45)cc4oc5ccccc5c34)=NC(c3ccc4c(c3)sc3ccccc34)N2)cc1. The van der Waals surface area contributed by atoms with E-state index in [1.54, 1.807) is 0 Å². The monoisotopic (exact) mass is 673 g/mol. The van der Waals surface area contributed by atoms with Gasteiger partial charge in [-0.2, -0.15) is 0 Å². The summed E-state index contributed by atoms with van der Waals surface area (Å²) in [6, 6.07) is 52.6. The molecule has 7 aromatic carbocycles. The molecule has 1 aliphatic heterocycles. The van der Waals surface area contributed by atoms with Gasteiger partial charge in [0.2, 0.25) is 0 Å². The first-order valence-electron chi connectivity index (χ1n) is 17.0.